The van der Waals surface area contributed by atoms with Gasteiger partial charge in [-0.25, -0.2) is 9.78 Å². The first-order valence-electron chi connectivity index (χ1n) is 9.46. The van der Waals surface area contributed by atoms with E-state index in [0.29, 0.717) is 21.9 Å². The maximum absolute atomic E-state index is 12.6. The van der Waals surface area contributed by atoms with Crippen molar-refractivity contribution in [1.29, 1.82) is 0 Å². The minimum absolute atomic E-state index is 0.184. The number of carbonyl (C=O) groups excluding carboxylic acids is 2. The number of aryl methyl sites for hydroxylation is 1. The maximum Gasteiger partial charge on any atom is 0.329 e. The van der Waals surface area contributed by atoms with Crippen LogP contribution in [0, 0.1) is 12.8 Å². The normalized spacial score (nSPS) is 12.0. The summed E-state index contributed by atoms with van der Waals surface area (Å²) in [5.74, 6) is -1.14. The zero-order chi connectivity index (χ0) is 21.8. The number of esters is 1. The Hall–Kier alpha value is -3.19. The summed E-state index contributed by atoms with van der Waals surface area (Å²) in [5, 5.41) is 3.14. The highest BCUT2D eigenvalue weighted by atomic mass is 35.5. The van der Waals surface area contributed by atoms with Gasteiger partial charge in [0.05, 0.1) is 10.7 Å². The van der Waals surface area contributed by atoms with Crippen LogP contribution in [0.5, 0.6) is 0 Å². The first kappa shape index (κ1) is 21.5. The summed E-state index contributed by atoms with van der Waals surface area (Å²) in [6.07, 6.45) is 1.47. The van der Waals surface area contributed by atoms with Crippen LogP contribution in [0.15, 0.2) is 53.5 Å². The van der Waals surface area contributed by atoms with Gasteiger partial charge in [0.2, 0.25) is 0 Å². The van der Waals surface area contributed by atoms with Crippen molar-refractivity contribution < 1.29 is 14.3 Å². The summed E-state index contributed by atoms with van der Waals surface area (Å²) in [6, 6.07) is 10.8. The van der Waals surface area contributed by atoms with Crippen molar-refractivity contribution in [3.8, 4) is 0 Å². The molecule has 0 spiro atoms. The molecule has 8 heteroatoms. The maximum atomic E-state index is 12.6. The molecule has 0 radical (unpaired) electrons. The highest BCUT2D eigenvalue weighted by molar-refractivity contribution is 6.30. The van der Waals surface area contributed by atoms with Gasteiger partial charge in [0, 0.05) is 17.8 Å². The number of fused-ring (bicyclic) bond motifs is 1. The molecular weight excluding hydrogens is 406 g/mol. The third-order valence-corrected chi connectivity index (χ3v) is 4.75. The lowest BCUT2D eigenvalue weighted by molar-refractivity contribution is -0.148. The number of rotatable bonds is 6. The van der Waals surface area contributed by atoms with Crippen LogP contribution < -0.4 is 10.9 Å². The van der Waals surface area contributed by atoms with Gasteiger partial charge in [0.25, 0.3) is 11.5 Å². The van der Waals surface area contributed by atoms with Crippen molar-refractivity contribution in [1.82, 2.24) is 14.7 Å². The third-order valence-electron chi connectivity index (χ3n) is 4.53. The summed E-state index contributed by atoms with van der Waals surface area (Å²) < 4.78 is 6.66. The molecule has 0 bridgehead atoms. The molecule has 0 saturated heterocycles. The Balaban J connectivity index is 1.71. The van der Waals surface area contributed by atoms with Gasteiger partial charge in [-0.05, 0) is 37.1 Å². The van der Waals surface area contributed by atoms with Gasteiger partial charge >= 0.3 is 5.97 Å². The zero-order valence-electron chi connectivity index (χ0n) is 16.9. The first-order valence-corrected chi connectivity index (χ1v) is 9.84. The molecule has 30 heavy (non-hydrogen) atoms. The SMILES string of the molecule is Cc1cccc(C(=O)N[C@H](C(=O)OCc2cc(=O)n3cc(Cl)ccc3n2)C(C)C)c1. The van der Waals surface area contributed by atoms with Gasteiger partial charge < -0.3 is 10.1 Å². The van der Waals surface area contributed by atoms with Crippen LogP contribution in [0.2, 0.25) is 5.02 Å². The number of hydrogen-bond acceptors (Lipinski definition) is 5. The molecule has 2 aromatic heterocycles. The fourth-order valence-electron chi connectivity index (χ4n) is 2.94. The van der Waals surface area contributed by atoms with Crippen molar-refractivity contribution in [3.63, 3.8) is 0 Å². The van der Waals surface area contributed by atoms with Crippen molar-refractivity contribution in [2.45, 2.75) is 33.4 Å². The van der Waals surface area contributed by atoms with Crippen LogP contribution in [0.4, 0.5) is 0 Å². The number of carbonyl (C=O) groups is 2. The monoisotopic (exact) mass is 427 g/mol. The quantitative estimate of drug-likeness (QED) is 0.610. The largest absolute Gasteiger partial charge is 0.458 e. The number of amides is 1. The summed E-state index contributed by atoms with van der Waals surface area (Å²) >= 11 is 5.90. The van der Waals surface area contributed by atoms with E-state index in [1.807, 2.05) is 26.8 Å². The second-order valence-corrected chi connectivity index (χ2v) is 7.77. The van der Waals surface area contributed by atoms with Crippen LogP contribution in [-0.2, 0) is 16.1 Å². The fraction of sp³-hybridized carbons (Fsp3) is 0.273. The molecule has 0 unspecified atom stereocenters. The first-order chi connectivity index (χ1) is 14.2. The van der Waals surface area contributed by atoms with E-state index < -0.39 is 12.0 Å². The molecule has 0 aliphatic carbocycles. The molecule has 0 aliphatic heterocycles. The number of nitrogens with zero attached hydrogens (tertiary/aromatic N) is 2. The van der Waals surface area contributed by atoms with Gasteiger partial charge in [-0.3, -0.25) is 14.0 Å². The van der Waals surface area contributed by atoms with E-state index in [0.717, 1.165) is 5.56 Å². The molecule has 7 nitrogen and oxygen atoms in total. The molecule has 3 aromatic rings. The number of ether oxygens (including phenoxy) is 1. The molecule has 1 atom stereocenters. The van der Waals surface area contributed by atoms with Crippen LogP contribution in [0.25, 0.3) is 5.65 Å². The molecule has 1 aromatic carbocycles. The predicted molar refractivity (Wildman–Crippen MR) is 114 cm³/mol. The van der Waals surface area contributed by atoms with Crippen LogP contribution in [0.1, 0.15) is 35.5 Å². The minimum Gasteiger partial charge on any atom is -0.458 e. The van der Waals surface area contributed by atoms with Crippen LogP contribution in [-0.4, -0.2) is 27.3 Å². The molecule has 156 valence electrons. The van der Waals surface area contributed by atoms with E-state index in [1.165, 1.54) is 16.7 Å². The van der Waals surface area contributed by atoms with Crippen LogP contribution >= 0.6 is 11.6 Å². The van der Waals surface area contributed by atoms with E-state index in [4.69, 9.17) is 16.3 Å². The van der Waals surface area contributed by atoms with Gasteiger partial charge in [-0.2, -0.15) is 0 Å². The zero-order valence-corrected chi connectivity index (χ0v) is 17.6. The Labute approximate surface area is 178 Å². The number of pyridine rings is 1. The number of nitrogens with one attached hydrogen (secondary N) is 1. The molecule has 3 rings (SSSR count). The Morgan fingerprint density at radius 1 is 1.20 bits per heavy atom. The Morgan fingerprint density at radius 3 is 2.67 bits per heavy atom. The molecule has 2 heterocycles. The topological polar surface area (TPSA) is 89.8 Å². The van der Waals surface area contributed by atoms with Crippen molar-refractivity contribution in [3.05, 3.63) is 80.9 Å². The lowest BCUT2D eigenvalue weighted by Crippen LogP contribution is -2.45. The molecule has 0 fully saturated rings. The highest BCUT2D eigenvalue weighted by Gasteiger charge is 2.26. The standard InChI is InChI=1S/C22H22ClN3O4/c1-13(2)20(25-21(28)15-6-4-5-14(3)9-15)22(29)30-12-17-10-19(27)26-11-16(23)7-8-18(26)24-17/h4-11,13,20H,12H2,1-3H3,(H,25,28)/t20-/m0/s1. The van der Waals surface area contributed by atoms with E-state index in [1.54, 1.807) is 30.3 Å². The number of halogens is 1. The third kappa shape index (κ3) is 5.04. The van der Waals surface area contributed by atoms with E-state index in [-0.39, 0.29) is 24.0 Å². The Bertz CT molecular complexity index is 1160. The van der Waals surface area contributed by atoms with Gasteiger partial charge in [0.15, 0.2) is 0 Å². The van der Waals surface area contributed by atoms with Crippen molar-refractivity contribution in [2.24, 2.45) is 5.92 Å². The molecule has 1 amide bonds. The van der Waals surface area contributed by atoms with Crippen molar-refractivity contribution >= 4 is 29.1 Å². The number of benzene rings is 1. The average Bonchev–Trinajstić information content (AvgIpc) is 2.70. The summed E-state index contributed by atoms with van der Waals surface area (Å²) in [6.45, 7) is 5.33. The van der Waals surface area contributed by atoms with E-state index in [9.17, 15) is 14.4 Å². The Morgan fingerprint density at radius 2 is 1.97 bits per heavy atom. The average molecular weight is 428 g/mol. The second kappa shape index (κ2) is 9.09. The van der Waals surface area contributed by atoms with Gasteiger partial charge in [-0.15, -0.1) is 0 Å². The summed E-state index contributed by atoms with van der Waals surface area (Å²) in [7, 11) is 0. The van der Waals surface area contributed by atoms with Crippen molar-refractivity contribution in [2.75, 3.05) is 0 Å². The van der Waals surface area contributed by atoms with Crippen LogP contribution in [0.3, 0.4) is 0 Å². The summed E-state index contributed by atoms with van der Waals surface area (Å²) in [4.78, 5) is 41.7. The molecule has 0 saturated carbocycles. The lowest BCUT2D eigenvalue weighted by Gasteiger charge is -2.21. The fourth-order valence-corrected chi connectivity index (χ4v) is 3.10. The molecule has 0 aliphatic rings. The summed E-state index contributed by atoms with van der Waals surface area (Å²) in [5.41, 5.74) is 1.79. The number of hydrogen-bond donors (Lipinski definition) is 1. The smallest absolute Gasteiger partial charge is 0.329 e. The van der Waals surface area contributed by atoms with E-state index in [2.05, 4.69) is 10.3 Å². The van der Waals surface area contributed by atoms with Gasteiger partial charge in [-0.1, -0.05) is 43.1 Å². The lowest BCUT2D eigenvalue weighted by atomic mass is 10.0. The highest BCUT2D eigenvalue weighted by Crippen LogP contribution is 2.11. The van der Waals surface area contributed by atoms with Gasteiger partial charge in [0.1, 0.15) is 18.3 Å². The second-order valence-electron chi connectivity index (χ2n) is 7.33. The number of aromatic nitrogens is 2. The predicted octanol–water partition coefficient (Wildman–Crippen LogP) is 3.15. The van der Waals surface area contributed by atoms with E-state index >= 15 is 0 Å². The Kier molecular flexibility index (Phi) is 6.52. The molecular formula is C22H22ClN3O4. The minimum atomic E-state index is -0.835. The molecule has 1 N–H and O–H groups in total.